The van der Waals surface area contributed by atoms with Crippen molar-refractivity contribution in [1.82, 2.24) is 5.32 Å². The number of carbonyl (C=O) groups excluding carboxylic acids is 2. The fraction of sp³-hybridized carbons (Fsp3) is 0.200. The Morgan fingerprint density at radius 3 is 2.48 bits per heavy atom. The molecule has 8 nitrogen and oxygen atoms in total. The Kier molecular flexibility index (Phi) is 4.61. The monoisotopic (exact) mass is 402 g/mol. The number of rotatable bonds is 3. The number of carbonyl (C=O) groups is 2. The first-order valence-electron chi connectivity index (χ1n) is 7.24. The number of alkyl halides is 3. The lowest BCUT2D eigenvalue weighted by Gasteiger charge is -2.26. The summed E-state index contributed by atoms with van der Waals surface area (Å²) in [7, 11) is 0. The minimum atomic E-state index is -4.57. The molecule has 0 saturated heterocycles. The number of esters is 1. The Morgan fingerprint density at radius 1 is 1.30 bits per heavy atom. The molecule has 2 atom stereocenters. The molecule has 2 aromatic rings. The number of fused-ring (bicyclic) bond motifs is 1. The summed E-state index contributed by atoms with van der Waals surface area (Å²) in [6.07, 6.45) is -6.39. The van der Waals surface area contributed by atoms with Crippen molar-refractivity contribution in [3.63, 3.8) is 0 Å². The number of nitrogens with zero attached hydrogens (tertiary/aromatic N) is 1. The van der Waals surface area contributed by atoms with Crippen molar-refractivity contribution in [2.45, 2.75) is 18.3 Å². The van der Waals surface area contributed by atoms with E-state index in [1.54, 1.807) is 0 Å². The summed E-state index contributed by atoms with van der Waals surface area (Å²) in [5.74, 6) is -2.16. The van der Waals surface area contributed by atoms with Gasteiger partial charge in [-0.25, -0.2) is 4.79 Å². The van der Waals surface area contributed by atoms with Gasteiger partial charge in [0.1, 0.15) is 6.04 Å². The highest BCUT2D eigenvalue weighted by Gasteiger charge is 2.41. The van der Waals surface area contributed by atoms with Gasteiger partial charge in [0.2, 0.25) is 0 Å². The first kappa shape index (κ1) is 18.8. The van der Waals surface area contributed by atoms with Crippen LogP contribution < -0.4 is 10.1 Å². The topological polar surface area (TPSA) is 119 Å². The second-order valence-corrected chi connectivity index (χ2v) is 6.52. The number of hydrogen-bond donors (Lipinski definition) is 2. The van der Waals surface area contributed by atoms with Crippen LogP contribution in [0.4, 0.5) is 18.2 Å². The Labute approximate surface area is 152 Å². The van der Waals surface area contributed by atoms with E-state index in [4.69, 9.17) is 4.74 Å². The number of hydrogen-bond acceptors (Lipinski definition) is 7. The smallest absolute Gasteiger partial charge is 0.416 e. The Hall–Kier alpha value is -2.99. The zero-order valence-corrected chi connectivity index (χ0v) is 13.8. The second-order valence-electron chi connectivity index (χ2n) is 5.46. The van der Waals surface area contributed by atoms with Crippen LogP contribution >= 0.6 is 11.3 Å². The molecule has 1 aliphatic rings. The summed E-state index contributed by atoms with van der Waals surface area (Å²) in [6, 6.07) is 2.94. The van der Waals surface area contributed by atoms with Crippen LogP contribution in [0.15, 0.2) is 30.3 Å². The molecule has 3 rings (SSSR count). The summed E-state index contributed by atoms with van der Waals surface area (Å²) >= 11 is 0.601. The molecule has 0 fully saturated rings. The number of halogens is 3. The lowest BCUT2D eigenvalue weighted by Crippen LogP contribution is -2.44. The van der Waals surface area contributed by atoms with E-state index in [2.05, 4.69) is 5.32 Å². The standard InChI is InChI=1S/C15H9F3N2O6S/c16-15(17,18)7-3-1-6(2-4-7)13(22)19-10-11(21)14(23)26-8-5-9(20(24)25)27-12(8)10/h1-5,10-11,21H,(H,19,22). The molecule has 142 valence electrons. The number of ether oxygens (including phenoxy) is 1. The highest BCUT2D eigenvalue weighted by atomic mass is 32.1. The highest BCUT2D eigenvalue weighted by molar-refractivity contribution is 7.15. The van der Waals surface area contributed by atoms with Crippen molar-refractivity contribution in [2.24, 2.45) is 0 Å². The maximum atomic E-state index is 12.6. The molecule has 1 aliphatic heterocycles. The van der Waals surface area contributed by atoms with E-state index in [0.29, 0.717) is 23.5 Å². The maximum absolute atomic E-state index is 12.6. The first-order chi connectivity index (χ1) is 12.6. The van der Waals surface area contributed by atoms with Gasteiger partial charge >= 0.3 is 17.1 Å². The van der Waals surface area contributed by atoms with Gasteiger partial charge < -0.3 is 15.2 Å². The largest absolute Gasteiger partial charge is 0.423 e. The van der Waals surface area contributed by atoms with E-state index in [-0.39, 0.29) is 21.2 Å². The van der Waals surface area contributed by atoms with Crippen LogP contribution in [0.3, 0.4) is 0 Å². The van der Waals surface area contributed by atoms with Crippen molar-refractivity contribution in [2.75, 3.05) is 0 Å². The molecule has 2 heterocycles. The van der Waals surface area contributed by atoms with Crippen molar-refractivity contribution in [3.8, 4) is 5.75 Å². The van der Waals surface area contributed by atoms with Gasteiger partial charge in [0.25, 0.3) is 5.91 Å². The molecule has 0 saturated carbocycles. The lowest BCUT2D eigenvalue weighted by molar-refractivity contribution is -0.380. The lowest BCUT2D eigenvalue weighted by atomic mass is 10.0. The van der Waals surface area contributed by atoms with Gasteiger partial charge in [-0.2, -0.15) is 13.2 Å². The Morgan fingerprint density at radius 2 is 1.93 bits per heavy atom. The minimum Gasteiger partial charge on any atom is -0.423 e. The van der Waals surface area contributed by atoms with E-state index < -0.39 is 40.7 Å². The third kappa shape index (κ3) is 3.61. The molecule has 0 spiro atoms. The Bertz CT molecular complexity index is 925. The predicted molar refractivity (Wildman–Crippen MR) is 84.3 cm³/mol. The number of thiophene rings is 1. The molecule has 2 unspecified atom stereocenters. The van der Waals surface area contributed by atoms with Crippen LogP contribution in [0.25, 0.3) is 0 Å². The molecule has 0 aliphatic carbocycles. The van der Waals surface area contributed by atoms with Crippen molar-refractivity contribution >= 4 is 28.2 Å². The first-order valence-corrected chi connectivity index (χ1v) is 8.05. The average Bonchev–Trinajstić information content (AvgIpc) is 3.02. The SMILES string of the molecule is O=C(NC1c2sc([N+](=O)[O-])cc2OC(=O)C1O)c1ccc(C(F)(F)F)cc1. The number of benzene rings is 1. The normalized spacial score (nSPS) is 19.2. The van der Waals surface area contributed by atoms with Crippen LogP contribution in [-0.4, -0.2) is 28.0 Å². The van der Waals surface area contributed by atoms with Gasteiger partial charge in [-0.1, -0.05) is 11.3 Å². The van der Waals surface area contributed by atoms with Gasteiger partial charge in [-0.05, 0) is 24.3 Å². The van der Waals surface area contributed by atoms with Crippen molar-refractivity contribution < 1.29 is 37.5 Å². The molecular formula is C15H9F3N2O6S. The van der Waals surface area contributed by atoms with E-state index in [9.17, 15) is 38.0 Å². The average molecular weight is 402 g/mol. The molecule has 2 N–H and O–H groups in total. The van der Waals surface area contributed by atoms with Crippen LogP contribution in [0.1, 0.15) is 26.8 Å². The molecule has 27 heavy (non-hydrogen) atoms. The van der Waals surface area contributed by atoms with Crippen LogP contribution in [0, 0.1) is 10.1 Å². The predicted octanol–water partition coefficient (Wildman–Crippen LogP) is 2.43. The molecule has 1 aromatic carbocycles. The Balaban J connectivity index is 1.87. The van der Waals surface area contributed by atoms with Gasteiger partial charge in [0.15, 0.2) is 11.9 Å². The third-order valence-corrected chi connectivity index (χ3v) is 4.85. The zero-order chi connectivity index (χ0) is 19.9. The maximum Gasteiger partial charge on any atom is 0.416 e. The van der Waals surface area contributed by atoms with E-state index in [1.165, 1.54) is 0 Å². The van der Waals surface area contributed by atoms with Gasteiger partial charge in [-0.15, -0.1) is 0 Å². The van der Waals surface area contributed by atoms with Gasteiger partial charge in [0.05, 0.1) is 21.4 Å². The number of aliphatic hydroxyl groups is 1. The van der Waals surface area contributed by atoms with Crippen LogP contribution in [0.2, 0.25) is 0 Å². The molecule has 12 heteroatoms. The number of aliphatic hydroxyl groups excluding tert-OH is 1. The molecule has 0 bridgehead atoms. The fourth-order valence-electron chi connectivity index (χ4n) is 2.39. The summed E-state index contributed by atoms with van der Waals surface area (Å²) in [6.45, 7) is 0. The number of amides is 1. The summed E-state index contributed by atoms with van der Waals surface area (Å²) in [5, 5.41) is 22.8. The van der Waals surface area contributed by atoms with E-state index in [0.717, 1.165) is 18.2 Å². The second kappa shape index (κ2) is 6.63. The molecule has 1 aromatic heterocycles. The zero-order valence-electron chi connectivity index (χ0n) is 13.0. The molecule has 1 amide bonds. The van der Waals surface area contributed by atoms with E-state index >= 15 is 0 Å². The fourth-order valence-corrected chi connectivity index (χ4v) is 3.37. The quantitative estimate of drug-likeness (QED) is 0.462. The third-order valence-electron chi connectivity index (χ3n) is 3.70. The number of nitro groups is 1. The van der Waals surface area contributed by atoms with Crippen molar-refractivity contribution in [1.29, 1.82) is 0 Å². The highest BCUT2D eigenvalue weighted by Crippen LogP contribution is 2.43. The van der Waals surface area contributed by atoms with E-state index in [1.807, 2.05) is 0 Å². The number of nitrogens with one attached hydrogen (secondary N) is 1. The van der Waals surface area contributed by atoms with Crippen LogP contribution in [0.5, 0.6) is 5.75 Å². The van der Waals surface area contributed by atoms with Gasteiger partial charge in [0, 0.05) is 5.56 Å². The van der Waals surface area contributed by atoms with Gasteiger partial charge in [-0.3, -0.25) is 14.9 Å². The molecular weight excluding hydrogens is 393 g/mol. The summed E-state index contributed by atoms with van der Waals surface area (Å²) in [5.41, 5.74) is -1.10. The van der Waals surface area contributed by atoms with Crippen molar-refractivity contribution in [3.05, 3.63) is 56.5 Å². The van der Waals surface area contributed by atoms with Crippen LogP contribution in [-0.2, 0) is 11.0 Å². The minimum absolute atomic E-state index is 0.0501. The summed E-state index contributed by atoms with van der Waals surface area (Å²) < 4.78 is 42.5. The summed E-state index contributed by atoms with van der Waals surface area (Å²) in [4.78, 5) is 34.2. The molecule has 0 radical (unpaired) electrons.